The van der Waals surface area contributed by atoms with Gasteiger partial charge in [0, 0.05) is 38.1 Å². The van der Waals surface area contributed by atoms with Crippen molar-refractivity contribution in [1.82, 2.24) is 14.5 Å². The molecule has 2 aromatic rings. The third kappa shape index (κ3) is 4.86. The van der Waals surface area contributed by atoms with Gasteiger partial charge < -0.3 is 10.2 Å². The molecule has 9 heteroatoms. The van der Waals surface area contributed by atoms with Gasteiger partial charge in [-0.15, -0.1) is 0 Å². The second-order valence-electron chi connectivity index (χ2n) is 8.02. The summed E-state index contributed by atoms with van der Waals surface area (Å²) < 4.78 is 41.2. The van der Waals surface area contributed by atoms with Crippen LogP contribution in [0, 0.1) is 17.1 Å². The summed E-state index contributed by atoms with van der Waals surface area (Å²) >= 11 is 0. The molecular weight excluding hydrogens is 419 g/mol. The Morgan fingerprint density at radius 1 is 1.10 bits per heavy atom. The van der Waals surface area contributed by atoms with Gasteiger partial charge in [0.1, 0.15) is 11.9 Å². The molecule has 0 radical (unpaired) electrons. The van der Waals surface area contributed by atoms with E-state index in [1.54, 1.807) is 35.2 Å². The van der Waals surface area contributed by atoms with Crippen LogP contribution in [0.1, 0.15) is 25.0 Å². The molecule has 1 N–H and O–H groups in total. The Bertz CT molecular complexity index is 1100. The van der Waals surface area contributed by atoms with Crippen LogP contribution in [0.3, 0.4) is 0 Å². The van der Waals surface area contributed by atoms with Crippen LogP contribution in [0.2, 0.25) is 0 Å². The number of benzene rings is 2. The first-order valence-corrected chi connectivity index (χ1v) is 11.4. The Hall–Kier alpha value is -2.96. The van der Waals surface area contributed by atoms with E-state index in [4.69, 9.17) is 0 Å². The van der Waals surface area contributed by atoms with E-state index in [2.05, 4.69) is 5.32 Å². The van der Waals surface area contributed by atoms with Crippen molar-refractivity contribution in [3.63, 3.8) is 0 Å². The first kappa shape index (κ1) is 22.7. The Morgan fingerprint density at radius 3 is 2.35 bits per heavy atom. The number of hydrogen-bond donors (Lipinski definition) is 1. The lowest BCUT2D eigenvalue weighted by atomic mass is 9.84. The van der Waals surface area contributed by atoms with Crippen LogP contribution in [0.25, 0.3) is 0 Å². The Kier molecular flexibility index (Phi) is 6.62. The summed E-state index contributed by atoms with van der Waals surface area (Å²) in [4.78, 5) is 14.1. The summed E-state index contributed by atoms with van der Waals surface area (Å²) in [5.41, 5.74) is 0.00750. The van der Waals surface area contributed by atoms with E-state index in [-0.39, 0.29) is 55.0 Å². The van der Waals surface area contributed by atoms with Gasteiger partial charge in [-0.1, -0.05) is 44.2 Å². The smallest absolute Gasteiger partial charge is 0.317 e. The average molecular weight is 445 g/mol. The predicted molar refractivity (Wildman–Crippen MR) is 114 cm³/mol. The van der Waals surface area contributed by atoms with Crippen molar-refractivity contribution in [1.29, 1.82) is 5.26 Å². The molecule has 1 aliphatic heterocycles. The molecule has 0 spiro atoms. The minimum Gasteiger partial charge on any atom is -0.337 e. The van der Waals surface area contributed by atoms with Gasteiger partial charge in [0.25, 0.3) is 0 Å². The van der Waals surface area contributed by atoms with Crippen LogP contribution in [0.5, 0.6) is 0 Å². The van der Waals surface area contributed by atoms with Crippen molar-refractivity contribution in [2.24, 2.45) is 0 Å². The Balaban J connectivity index is 1.60. The molecule has 0 atom stereocenters. The molecule has 7 nitrogen and oxygen atoms in total. The number of carbonyl (C=O) groups is 1. The zero-order chi connectivity index (χ0) is 22.6. The Labute approximate surface area is 182 Å². The maximum Gasteiger partial charge on any atom is 0.317 e. The van der Waals surface area contributed by atoms with E-state index < -0.39 is 15.4 Å². The molecule has 2 aromatic carbocycles. The van der Waals surface area contributed by atoms with Crippen molar-refractivity contribution in [2.75, 3.05) is 32.7 Å². The minimum atomic E-state index is -3.82. The van der Waals surface area contributed by atoms with Gasteiger partial charge in [-0.2, -0.15) is 9.57 Å². The number of nitrogens with zero attached hydrogens (tertiary/aromatic N) is 3. The number of piperazine rings is 1. The molecule has 1 aliphatic rings. The van der Waals surface area contributed by atoms with Crippen LogP contribution in [0.15, 0.2) is 53.4 Å². The fourth-order valence-electron chi connectivity index (χ4n) is 3.57. The quantitative estimate of drug-likeness (QED) is 0.767. The van der Waals surface area contributed by atoms with Crippen LogP contribution in [-0.2, 0) is 15.4 Å². The summed E-state index contributed by atoms with van der Waals surface area (Å²) in [7, 11) is -3.82. The molecule has 1 saturated heterocycles. The highest BCUT2D eigenvalue weighted by molar-refractivity contribution is 7.89. The van der Waals surface area contributed by atoms with Gasteiger partial charge >= 0.3 is 6.03 Å². The molecule has 164 valence electrons. The largest absolute Gasteiger partial charge is 0.337 e. The van der Waals surface area contributed by atoms with Crippen molar-refractivity contribution >= 4 is 16.1 Å². The SMILES string of the molecule is CC(C)(CNC(=O)N1CCN(S(=O)(=O)c2ccccc2C#N)CC1)c1ccccc1F. The van der Waals surface area contributed by atoms with Gasteiger partial charge in [0.15, 0.2) is 0 Å². The minimum absolute atomic E-state index is 0.0259. The number of hydrogen-bond acceptors (Lipinski definition) is 4. The van der Waals surface area contributed by atoms with Crippen molar-refractivity contribution in [2.45, 2.75) is 24.2 Å². The maximum atomic E-state index is 14.1. The van der Waals surface area contributed by atoms with Crippen molar-refractivity contribution in [3.8, 4) is 6.07 Å². The molecule has 0 unspecified atom stereocenters. The van der Waals surface area contributed by atoms with E-state index in [9.17, 15) is 22.9 Å². The molecule has 1 heterocycles. The predicted octanol–water partition coefficient (Wildman–Crippen LogP) is 2.69. The van der Waals surface area contributed by atoms with Crippen LogP contribution < -0.4 is 5.32 Å². The number of rotatable bonds is 5. The number of sulfonamides is 1. The highest BCUT2D eigenvalue weighted by Crippen LogP contribution is 2.25. The van der Waals surface area contributed by atoms with E-state index in [0.717, 1.165) is 0 Å². The molecule has 0 aromatic heterocycles. The fourth-order valence-corrected chi connectivity index (χ4v) is 5.13. The maximum absolute atomic E-state index is 14.1. The monoisotopic (exact) mass is 444 g/mol. The zero-order valence-corrected chi connectivity index (χ0v) is 18.3. The normalized spacial score (nSPS) is 15.4. The molecule has 31 heavy (non-hydrogen) atoms. The van der Waals surface area contributed by atoms with E-state index >= 15 is 0 Å². The van der Waals surface area contributed by atoms with Gasteiger partial charge in [-0.25, -0.2) is 17.6 Å². The lowest BCUT2D eigenvalue weighted by Crippen LogP contribution is -2.54. The number of amides is 2. The van der Waals surface area contributed by atoms with E-state index in [1.165, 1.54) is 22.5 Å². The van der Waals surface area contributed by atoms with Crippen LogP contribution >= 0.6 is 0 Å². The molecule has 0 bridgehead atoms. The Morgan fingerprint density at radius 2 is 1.71 bits per heavy atom. The molecule has 0 saturated carbocycles. The van der Waals surface area contributed by atoms with Crippen molar-refractivity contribution < 1.29 is 17.6 Å². The molecule has 2 amide bonds. The van der Waals surface area contributed by atoms with Crippen LogP contribution in [-0.4, -0.2) is 56.4 Å². The lowest BCUT2D eigenvalue weighted by Gasteiger charge is -2.35. The van der Waals surface area contributed by atoms with E-state index in [0.29, 0.717) is 5.56 Å². The molecule has 1 fully saturated rings. The number of carbonyl (C=O) groups excluding carboxylic acids is 1. The second kappa shape index (κ2) is 9.04. The first-order chi connectivity index (χ1) is 14.7. The number of halogens is 1. The summed E-state index contributed by atoms with van der Waals surface area (Å²) in [6.45, 7) is 4.64. The van der Waals surface area contributed by atoms with Gasteiger partial charge in [0.2, 0.25) is 10.0 Å². The molecule has 0 aliphatic carbocycles. The number of nitriles is 1. The van der Waals surface area contributed by atoms with Gasteiger partial charge in [-0.05, 0) is 23.8 Å². The lowest BCUT2D eigenvalue weighted by molar-refractivity contribution is 0.170. The highest BCUT2D eigenvalue weighted by Gasteiger charge is 2.32. The number of nitrogens with one attached hydrogen (secondary N) is 1. The first-order valence-electron chi connectivity index (χ1n) is 9.94. The fraction of sp³-hybridized carbons (Fsp3) is 0.364. The summed E-state index contributed by atoms with van der Waals surface area (Å²) in [6.07, 6.45) is 0. The number of urea groups is 1. The third-order valence-corrected chi connectivity index (χ3v) is 7.39. The third-order valence-electron chi connectivity index (χ3n) is 5.44. The summed E-state index contributed by atoms with van der Waals surface area (Å²) in [6, 6.07) is 14.1. The topological polar surface area (TPSA) is 93.5 Å². The van der Waals surface area contributed by atoms with Gasteiger partial charge in [0.05, 0.1) is 10.5 Å². The molecule has 3 rings (SSSR count). The standard InChI is InChI=1S/C22H25FN4O3S/c1-22(2,18-8-4-5-9-19(18)23)16-25-21(28)26-11-13-27(14-12-26)31(29,30)20-10-6-3-7-17(20)15-24/h3-10H,11-14,16H2,1-2H3,(H,25,28). The van der Waals surface area contributed by atoms with Crippen molar-refractivity contribution in [3.05, 3.63) is 65.5 Å². The summed E-state index contributed by atoms with van der Waals surface area (Å²) in [5.74, 6) is -0.321. The zero-order valence-electron chi connectivity index (χ0n) is 17.5. The molecular formula is C22H25FN4O3S. The summed E-state index contributed by atoms with van der Waals surface area (Å²) in [5, 5.41) is 12.0. The van der Waals surface area contributed by atoms with E-state index in [1.807, 2.05) is 19.9 Å². The average Bonchev–Trinajstić information content (AvgIpc) is 2.77. The van der Waals surface area contributed by atoms with Gasteiger partial charge in [-0.3, -0.25) is 0 Å². The second-order valence-corrected chi connectivity index (χ2v) is 9.93. The van der Waals surface area contributed by atoms with Crippen LogP contribution in [0.4, 0.5) is 9.18 Å². The highest BCUT2D eigenvalue weighted by atomic mass is 32.2.